The molecule has 27 heavy (non-hydrogen) atoms. The molecule has 2 aromatic rings. The van der Waals surface area contributed by atoms with Crippen molar-refractivity contribution in [3.8, 4) is 5.69 Å². The molecule has 1 aromatic heterocycles. The molecule has 0 radical (unpaired) electrons. The Hall–Kier alpha value is -1.66. The number of benzene rings is 1. The van der Waals surface area contributed by atoms with Crippen LogP contribution < -0.4 is 15.4 Å². The number of rotatable bonds is 9. The average Bonchev–Trinajstić information content (AvgIpc) is 3.13. The first kappa shape index (κ1) is 23.4. The van der Waals surface area contributed by atoms with Crippen molar-refractivity contribution >= 4 is 40.0 Å². The number of guanidine groups is 1. The molecule has 0 fully saturated rings. The lowest BCUT2D eigenvalue weighted by Crippen LogP contribution is -2.39. The summed E-state index contributed by atoms with van der Waals surface area (Å²) in [7, 11) is -3.17. The van der Waals surface area contributed by atoms with E-state index < -0.39 is 10.0 Å². The van der Waals surface area contributed by atoms with E-state index in [1.807, 2.05) is 36.0 Å². The maximum atomic E-state index is 11.0. The fourth-order valence-corrected chi connectivity index (χ4v) is 2.76. The quantitative estimate of drug-likeness (QED) is 0.205. The van der Waals surface area contributed by atoms with Crippen molar-refractivity contribution in [2.24, 2.45) is 4.99 Å². The molecule has 0 bridgehead atoms. The van der Waals surface area contributed by atoms with Gasteiger partial charge in [-0.2, -0.15) is 5.10 Å². The van der Waals surface area contributed by atoms with Gasteiger partial charge in [-0.05, 0) is 37.1 Å². The predicted octanol–water partition coefficient (Wildman–Crippen LogP) is 1.14. The summed E-state index contributed by atoms with van der Waals surface area (Å²) >= 11 is 0. The highest BCUT2D eigenvalue weighted by Crippen LogP contribution is 2.08. The summed E-state index contributed by atoms with van der Waals surface area (Å²) in [4.78, 5) is 4.35. The van der Waals surface area contributed by atoms with Gasteiger partial charge in [0.05, 0.1) is 18.5 Å². The van der Waals surface area contributed by atoms with Crippen LogP contribution in [0.2, 0.25) is 0 Å². The van der Waals surface area contributed by atoms with Crippen LogP contribution in [0.3, 0.4) is 0 Å². The van der Waals surface area contributed by atoms with E-state index >= 15 is 0 Å². The molecule has 2 rings (SSSR count). The average molecular weight is 506 g/mol. The Morgan fingerprint density at radius 1 is 1.19 bits per heavy atom. The molecular weight excluding hydrogens is 479 g/mol. The van der Waals surface area contributed by atoms with Crippen LogP contribution in [0.5, 0.6) is 0 Å². The smallest absolute Gasteiger partial charge is 0.208 e. The molecule has 0 aliphatic rings. The summed E-state index contributed by atoms with van der Waals surface area (Å²) in [5.74, 6) is 0.677. The van der Waals surface area contributed by atoms with Gasteiger partial charge in [0.15, 0.2) is 5.96 Å². The second kappa shape index (κ2) is 11.9. The van der Waals surface area contributed by atoms with Crippen molar-refractivity contribution < 1.29 is 8.42 Å². The number of hydrogen-bond acceptors (Lipinski definition) is 4. The van der Waals surface area contributed by atoms with Crippen molar-refractivity contribution in [1.29, 1.82) is 0 Å². The summed E-state index contributed by atoms with van der Waals surface area (Å²) < 4.78 is 26.3. The first-order valence-electron chi connectivity index (χ1n) is 8.53. The van der Waals surface area contributed by atoms with E-state index in [4.69, 9.17) is 0 Å². The summed E-state index contributed by atoms with van der Waals surface area (Å²) in [6.45, 7) is 4.11. The minimum absolute atomic E-state index is 0. The third-order valence-corrected chi connectivity index (χ3v) is 4.23. The number of hydrogen-bond donors (Lipinski definition) is 3. The molecule has 0 saturated carbocycles. The van der Waals surface area contributed by atoms with Gasteiger partial charge in [0.2, 0.25) is 10.0 Å². The molecule has 150 valence electrons. The second-order valence-electron chi connectivity index (χ2n) is 5.72. The Bertz CT molecular complexity index is 791. The fourth-order valence-electron chi connectivity index (χ4n) is 2.30. The Morgan fingerprint density at radius 3 is 2.52 bits per heavy atom. The molecule has 0 aliphatic carbocycles. The normalized spacial score (nSPS) is 11.7. The number of nitrogens with one attached hydrogen (secondary N) is 3. The van der Waals surface area contributed by atoms with Crippen LogP contribution in [0.4, 0.5) is 0 Å². The van der Waals surface area contributed by atoms with Gasteiger partial charge in [0.1, 0.15) is 0 Å². The van der Waals surface area contributed by atoms with Crippen molar-refractivity contribution in [1.82, 2.24) is 25.1 Å². The van der Waals surface area contributed by atoms with Gasteiger partial charge < -0.3 is 10.6 Å². The number of sulfonamides is 1. The number of halogens is 1. The standard InChI is InChI=1S/C17H26N6O2S.HI/c1-3-18-17(20-12-13-22-26(2,24)25)19-11-9-15-5-7-16(8-6-15)23-14-4-10-21-23;/h4-8,10,14,22H,3,9,11-13H2,1-2H3,(H2,18,19,20);1H. The van der Waals surface area contributed by atoms with Gasteiger partial charge in [-0.15, -0.1) is 24.0 Å². The Kier molecular flexibility index (Phi) is 10.3. The van der Waals surface area contributed by atoms with Crippen LogP contribution in [0, 0.1) is 0 Å². The van der Waals surface area contributed by atoms with Crippen molar-refractivity contribution in [3.05, 3.63) is 48.3 Å². The summed E-state index contributed by atoms with van der Waals surface area (Å²) in [6, 6.07) is 10.1. The third-order valence-electron chi connectivity index (χ3n) is 3.50. The van der Waals surface area contributed by atoms with E-state index in [9.17, 15) is 8.42 Å². The molecule has 10 heteroatoms. The molecular formula is C17H27IN6O2S. The first-order chi connectivity index (χ1) is 12.5. The predicted molar refractivity (Wildman–Crippen MR) is 120 cm³/mol. The Labute approximate surface area is 177 Å². The maximum Gasteiger partial charge on any atom is 0.208 e. The first-order valence-corrected chi connectivity index (χ1v) is 10.4. The minimum atomic E-state index is -3.17. The van der Waals surface area contributed by atoms with Gasteiger partial charge in [-0.1, -0.05) is 12.1 Å². The molecule has 8 nitrogen and oxygen atoms in total. The molecule has 0 spiro atoms. The number of nitrogens with zero attached hydrogens (tertiary/aromatic N) is 3. The zero-order valence-electron chi connectivity index (χ0n) is 15.6. The van der Waals surface area contributed by atoms with E-state index in [0.717, 1.165) is 31.5 Å². The topological polar surface area (TPSA) is 100 Å². The van der Waals surface area contributed by atoms with Gasteiger partial charge in [0, 0.05) is 32.0 Å². The minimum Gasteiger partial charge on any atom is -0.357 e. The summed E-state index contributed by atoms with van der Waals surface area (Å²) in [5, 5.41) is 10.6. The molecule has 0 unspecified atom stereocenters. The van der Waals surface area contributed by atoms with E-state index in [1.165, 1.54) is 5.56 Å². The SMILES string of the molecule is CCNC(=NCCNS(C)(=O)=O)NCCc1ccc(-n2cccn2)cc1.I. The molecule has 0 atom stereocenters. The lowest BCUT2D eigenvalue weighted by atomic mass is 10.1. The molecule has 1 heterocycles. The largest absolute Gasteiger partial charge is 0.357 e. The maximum absolute atomic E-state index is 11.0. The van der Waals surface area contributed by atoms with Gasteiger partial charge in [0.25, 0.3) is 0 Å². The highest BCUT2D eigenvalue weighted by Gasteiger charge is 2.01. The van der Waals surface area contributed by atoms with E-state index in [1.54, 1.807) is 6.20 Å². The van der Waals surface area contributed by atoms with Gasteiger partial charge >= 0.3 is 0 Å². The molecule has 0 amide bonds. The van der Waals surface area contributed by atoms with Crippen LogP contribution in [-0.4, -0.2) is 56.6 Å². The van der Waals surface area contributed by atoms with Gasteiger partial charge in [-0.3, -0.25) is 4.99 Å². The number of aliphatic imine (C=N–C) groups is 1. The van der Waals surface area contributed by atoms with Crippen LogP contribution in [0.1, 0.15) is 12.5 Å². The van der Waals surface area contributed by atoms with E-state index in [2.05, 4.69) is 37.6 Å². The summed E-state index contributed by atoms with van der Waals surface area (Å²) in [5.41, 5.74) is 2.24. The zero-order chi connectivity index (χ0) is 18.8. The van der Waals surface area contributed by atoms with Crippen LogP contribution >= 0.6 is 24.0 Å². The number of aromatic nitrogens is 2. The van der Waals surface area contributed by atoms with E-state index in [-0.39, 0.29) is 30.5 Å². The Morgan fingerprint density at radius 2 is 1.93 bits per heavy atom. The highest BCUT2D eigenvalue weighted by molar-refractivity contribution is 14.0. The van der Waals surface area contributed by atoms with Gasteiger partial charge in [-0.25, -0.2) is 17.8 Å². The Balaban J connectivity index is 0.00000364. The van der Waals surface area contributed by atoms with Crippen LogP contribution in [0.25, 0.3) is 5.69 Å². The fraction of sp³-hybridized carbons (Fsp3) is 0.412. The zero-order valence-corrected chi connectivity index (χ0v) is 18.7. The lowest BCUT2D eigenvalue weighted by Gasteiger charge is -2.11. The molecule has 3 N–H and O–H groups in total. The van der Waals surface area contributed by atoms with Crippen LogP contribution in [-0.2, 0) is 16.4 Å². The van der Waals surface area contributed by atoms with Crippen molar-refractivity contribution in [2.75, 3.05) is 32.4 Å². The van der Waals surface area contributed by atoms with Crippen molar-refractivity contribution in [3.63, 3.8) is 0 Å². The summed E-state index contributed by atoms with van der Waals surface area (Å²) in [6.07, 6.45) is 5.66. The lowest BCUT2D eigenvalue weighted by molar-refractivity contribution is 0.588. The van der Waals surface area contributed by atoms with Crippen molar-refractivity contribution in [2.45, 2.75) is 13.3 Å². The van der Waals surface area contributed by atoms with E-state index in [0.29, 0.717) is 12.5 Å². The van der Waals surface area contributed by atoms with Crippen LogP contribution in [0.15, 0.2) is 47.7 Å². The monoisotopic (exact) mass is 506 g/mol. The molecule has 0 aliphatic heterocycles. The highest BCUT2D eigenvalue weighted by atomic mass is 127. The second-order valence-corrected chi connectivity index (χ2v) is 7.55. The molecule has 1 aromatic carbocycles. The molecule has 0 saturated heterocycles. The third kappa shape index (κ3) is 9.20.